The van der Waals surface area contributed by atoms with Crippen LogP contribution < -0.4 is 5.32 Å². The molecule has 1 fully saturated rings. The fourth-order valence-electron chi connectivity index (χ4n) is 2.82. The van der Waals surface area contributed by atoms with E-state index < -0.39 is 0 Å². The number of hydrogen-bond acceptors (Lipinski definition) is 5. The highest BCUT2D eigenvalue weighted by Gasteiger charge is 2.34. The molecule has 0 unspecified atom stereocenters. The monoisotopic (exact) mass is 347 g/mol. The van der Waals surface area contributed by atoms with E-state index in [9.17, 15) is 9.59 Å². The molecule has 128 valence electrons. The lowest BCUT2D eigenvalue weighted by atomic mass is 10.1. The summed E-state index contributed by atoms with van der Waals surface area (Å²) >= 11 is 1.66. The summed E-state index contributed by atoms with van der Waals surface area (Å²) in [6.45, 7) is 1.54. The van der Waals surface area contributed by atoms with Crippen LogP contribution in [0.3, 0.4) is 0 Å². The van der Waals surface area contributed by atoms with Gasteiger partial charge in [0.25, 0.3) is 0 Å². The number of rotatable bonds is 8. The highest BCUT2D eigenvalue weighted by atomic mass is 32.1. The molecular weight excluding hydrogens is 326 g/mol. The molecule has 2 aromatic rings. The van der Waals surface area contributed by atoms with Crippen LogP contribution >= 0.6 is 11.3 Å². The molecule has 2 amide bonds. The average Bonchev–Trinajstić information content (AvgIpc) is 3.31. The molecule has 1 aliphatic rings. The SMILES string of the molecule is O=C(NCCCCc1nccs1)[C@H]1CC(=O)N(Cc2ccco2)C1. The van der Waals surface area contributed by atoms with Crippen LogP contribution in [0.5, 0.6) is 0 Å². The molecule has 0 aliphatic carbocycles. The Morgan fingerprint density at radius 2 is 2.38 bits per heavy atom. The fourth-order valence-corrected chi connectivity index (χ4v) is 3.49. The molecule has 0 spiro atoms. The van der Waals surface area contributed by atoms with Crippen LogP contribution in [0.4, 0.5) is 0 Å². The van der Waals surface area contributed by atoms with Crippen molar-refractivity contribution in [3.8, 4) is 0 Å². The minimum Gasteiger partial charge on any atom is -0.467 e. The van der Waals surface area contributed by atoms with Gasteiger partial charge in [0.2, 0.25) is 11.8 Å². The van der Waals surface area contributed by atoms with Crippen molar-refractivity contribution in [2.75, 3.05) is 13.1 Å². The number of carbonyl (C=O) groups is 2. The van der Waals surface area contributed by atoms with Crippen LogP contribution in [0, 0.1) is 5.92 Å². The van der Waals surface area contributed by atoms with Gasteiger partial charge in [-0.15, -0.1) is 11.3 Å². The van der Waals surface area contributed by atoms with E-state index in [4.69, 9.17) is 4.42 Å². The number of furan rings is 1. The Hall–Kier alpha value is -2.15. The van der Waals surface area contributed by atoms with Gasteiger partial charge in [0.15, 0.2) is 0 Å². The second kappa shape index (κ2) is 8.10. The second-order valence-corrected chi connectivity index (χ2v) is 6.91. The van der Waals surface area contributed by atoms with Crippen molar-refractivity contribution < 1.29 is 14.0 Å². The van der Waals surface area contributed by atoms with Crippen molar-refractivity contribution >= 4 is 23.2 Å². The number of hydrogen-bond donors (Lipinski definition) is 1. The van der Waals surface area contributed by atoms with Crippen molar-refractivity contribution in [1.82, 2.24) is 15.2 Å². The molecular formula is C17H21N3O3S. The highest BCUT2D eigenvalue weighted by molar-refractivity contribution is 7.09. The molecule has 1 atom stereocenters. The normalized spacial score (nSPS) is 17.4. The summed E-state index contributed by atoms with van der Waals surface area (Å²) in [7, 11) is 0. The third-order valence-corrected chi connectivity index (χ3v) is 4.95. The summed E-state index contributed by atoms with van der Waals surface area (Å²) in [5.41, 5.74) is 0. The summed E-state index contributed by atoms with van der Waals surface area (Å²) in [6.07, 6.45) is 6.56. The number of aromatic nitrogens is 1. The zero-order valence-corrected chi connectivity index (χ0v) is 14.3. The van der Waals surface area contributed by atoms with E-state index in [2.05, 4.69) is 10.3 Å². The van der Waals surface area contributed by atoms with Crippen molar-refractivity contribution in [3.05, 3.63) is 40.7 Å². The highest BCUT2D eigenvalue weighted by Crippen LogP contribution is 2.20. The van der Waals surface area contributed by atoms with Crippen molar-refractivity contribution in [1.29, 1.82) is 0 Å². The van der Waals surface area contributed by atoms with Crippen LogP contribution in [0.2, 0.25) is 0 Å². The summed E-state index contributed by atoms with van der Waals surface area (Å²) in [5, 5.41) is 6.06. The standard InChI is InChI=1S/C17H21N3O3S/c21-16-10-13(11-20(16)12-14-4-3-8-23-14)17(22)19-6-2-1-5-15-18-7-9-24-15/h3-4,7-9,13H,1-2,5-6,10-12H2,(H,19,22)/t13-/m0/s1. The summed E-state index contributed by atoms with van der Waals surface area (Å²) < 4.78 is 5.26. The van der Waals surface area contributed by atoms with Gasteiger partial charge in [-0.3, -0.25) is 9.59 Å². The van der Waals surface area contributed by atoms with Gasteiger partial charge >= 0.3 is 0 Å². The molecule has 1 saturated heterocycles. The smallest absolute Gasteiger partial charge is 0.225 e. The van der Waals surface area contributed by atoms with Gasteiger partial charge in [-0.2, -0.15) is 0 Å². The van der Waals surface area contributed by atoms with Crippen molar-refractivity contribution in [3.63, 3.8) is 0 Å². The zero-order chi connectivity index (χ0) is 16.8. The second-order valence-electron chi connectivity index (χ2n) is 5.93. The Labute approximate surface area is 144 Å². The third-order valence-electron chi connectivity index (χ3n) is 4.11. The Balaban J connectivity index is 1.35. The van der Waals surface area contributed by atoms with E-state index in [0.29, 0.717) is 19.6 Å². The maximum Gasteiger partial charge on any atom is 0.225 e. The van der Waals surface area contributed by atoms with E-state index in [1.807, 2.05) is 17.6 Å². The molecule has 1 aliphatic heterocycles. The van der Waals surface area contributed by atoms with Crippen LogP contribution in [0.15, 0.2) is 34.4 Å². The number of nitrogens with one attached hydrogen (secondary N) is 1. The van der Waals surface area contributed by atoms with Gasteiger partial charge in [0, 0.05) is 31.1 Å². The van der Waals surface area contributed by atoms with E-state index in [1.165, 1.54) is 0 Å². The average molecular weight is 347 g/mol. The number of amides is 2. The van der Waals surface area contributed by atoms with Gasteiger partial charge in [-0.05, 0) is 31.4 Å². The summed E-state index contributed by atoms with van der Waals surface area (Å²) in [6, 6.07) is 3.63. The maximum absolute atomic E-state index is 12.2. The molecule has 6 nitrogen and oxygen atoms in total. The quantitative estimate of drug-likeness (QED) is 0.743. The lowest BCUT2D eigenvalue weighted by Crippen LogP contribution is -2.33. The Bertz CT molecular complexity index is 655. The topological polar surface area (TPSA) is 75.4 Å². The van der Waals surface area contributed by atoms with E-state index in [1.54, 1.807) is 28.6 Å². The molecule has 0 radical (unpaired) electrons. The minimum atomic E-state index is -0.258. The van der Waals surface area contributed by atoms with E-state index in [-0.39, 0.29) is 24.2 Å². The number of aryl methyl sites for hydroxylation is 1. The van der Waals surface area contributed by atoms with Crippen molar-refractivity contribution in [2.24, 2.45) is 5.92 Å². The number of carbonyl (C=O) groups excluding carboxylic acids is 2. The number of nitrogens with zero attached hydrogens (tertiary/aromatic N) is 2. The first kappa shape index (κ1) is 16.7. The molecule has 7 heteroatoms. The maximum atomic E-state index is 12.2. The largest absolute Gasteiger partial charge is 0.467 e. The molecule has 0 aromatic carbocycles. The molecule has 3 rings (SSSR count). The van der Waals surface area contributed by atoms with Crippen molar-refractivity contribution in [2.45, 2.75) is 32.2 Å². The zero-order valence-electron chi connectivity index (χ0n) is 13.4. The molecule has 24 heavy (non-hydrogen) atoms. The summed E-state index contributed by atoms with van der Waals surface area (Å²) in [5.74, 6) is 0.466. The Morgan fingerprint density at radius 1 is 1.46 bits per heavy atom. The lowest BCUT2D eigenvalue weighted by Gasteiger charge is -2.15. The Kier molecular flexibility index (Phi) is 5.63. The van der Waals surface area contributed by atoms with E-state index >= 15 is 0 Å². The molecule has 2 aromatic heterocycles. The number of unbranched alkanes of at least 4 members (excludes halogenated alkanes) is 1. The first-order valence-corrected chi connectivity index (χ1v) is 9.06. The van der Waals surface area contributed by atoms with Crippen LogP contribution in [-0.2, 0) is 22.6 Å². The predicted molar refractivity (Wildman–Crippen MR) is 90.3 cm³/mol. The van der Waals surface area contributed by atoms with Gasteiger partial charge < -0.3 is 14.6 Å². The molecule has 1 N–H and O–H groups in total. The number of thiazole rings is 1. The van der Waals surface area contributed by atoms with Gasteiger partial charge in [0.05, 0.1) is 23.7 Å². The molecule has 0 bridgehead atoms. The first-order valence-electron chi connectivity index (χ1n) is 8.18. The third kappa shape index (κ3) is 4.44. The predicted octanol–water partition coefficient (Wildman–Crippen LogP) is 2.22. The van der Waals surface area contributed by atoms with Gasteiger partial charge in [-0.25, -0.2) is 4.98 Å². The fraction of sp³-hybridized carbons (Fsp3) is 0.471. The summed E-state index contributed by atoms with van der Waals surface area (Å²) in [4.78, 5) is 30.2. The van der Waals surface area contributed by atoms with Crippen LogP contribution in [0.1, 0.15) is 30.0 Å². The lowest BCUT2D eigenvalue weighted by molar-refractivity contribution is -0.129. The Morgan fingerprint density at radius 3 is 3.12 bits per heavy atom. The van der Waals surface area contributed by atoms with Crippen LogP contribution in [0.25, 0.3) is 0 Å². The van der Waals surface area contributed by atoms with Gasteiger partial charge in [0.1, 0.15) is 5.76 Å². The number of likely N-dealkylation sites (tertiary alicyclic amines) is 1. The van der Waals surface area contributed by atoms with Crippen LogP contribution in [-0.4, -0.2) is 34.8 Å². The molecule has 0 saturated carbocycles. The minimum absolute atomic E-state index is 0.00956. The molecule has 3 heterocycles. The van der Waals surface area contributed by atoms with Gasteiger partial charge in [-0.1, -0.05) is 0 Å². The first-order chi connectivity index (χ1) is 11.7. The van der Waals surface area contributed by atoms with E-state index in [0.717, 1.165) is 30.0 Å².